The van der Waals surface area contributed by atoms with E-state index in [9.17, 15) is 4.79 Å². The Morgan fingerprint density at radius 1 is 1.28 bits per heavy atom. The van der Waals surface area contributed by atoms with Crippen LogP contribution in [0.5, 0.6) is 0 Å². The number of nitrogens with one attached hydrogen (secondary N) is 2. The fourth-order valence-corrected chi connectivity index (χ4v) is 2.37. The molecule has 0 saturated carbocycles. The number of carbonyl (C=O) groups is 1. The number of nitrogens with zero attached hydrogens (tertiary/aromatic N) is 2. The number of aliphatic imine (C=N–C) groups is 1. The Kier molecular flexibility index (Phi) is 15.2. The van der Waals surface area contributed by atoms with Crippen LogP contribution in [0.1, 0.15) is 39.0 Å². The molecule has 1 rings (SSSR count). The highest BCUT2D eigenvalue weighted by molar-refractivity contribution is 14.0. The van der Waals surface area contributed by atoms with Crippen LogP contribution >= 0.6 is 24.0 Å². The second-order valence-corrected chi connectivity index (χ2v) is 6.13. The van der Waals surface area contributed by atoms with Gasteiger partial charge in [0.2, 0.25) is 5.91 Å². The van der Waals surface area contributed by atoms with Gasteiger partial charge in [-0.2, -0.15) is 0 Å². The van der Waals surface area contributed by atoms with Crippen molar-refractivity contribution in [2.45, 2.75) is 45.1 Å². The molecule has 1 aliphatic rings. The number of amides is 1. The Morgan fingerprint density at radius 3 is 2.68 bits per heavy atom. The van der Waals surface area contributed by atoms with Crippen molar-refractivity contribution in [1.82, 2.24) is 15.5 Å². The molecule has 0 spiro atoms. The third kappa shape index (κ3) is 12.4. The zero-order valence-electron chi connectivity index (χ0n) is 15.9. The average molecular weight is 470 g/mol. The van der Waals surface area contributed by atoms with Crippen molar-refractivity contribution in [2.75, 3.05) is 53.6 Å². The molecule has 0 radical (unpaired) electrons. The molecule has 1 saturated heterocycles. The van der Waals surface area contributed by atoms with E-state index in [4.69, 9.17) is 9.47 Å². The first-order valence-corrected chi connectivity index (χ1v) is 9.05. The molecule has 0 aromatic carbocycles. The Balaban J connectivity index is 0.00000576. The maximum absolute atomic E-state index is 11.7. The van der Waals surface area contributed by atoms with E-state index in [1.165, 1.54) is 12.8 Å². The van der Waals surface area contributed by atoms with E-state index >= 15 is 0 Å². The molecule has 25 heavy (non-hydrogen) atoms. The second-order valence-electron chi connectivity index (χ2n) is 6.13. The number of ether oxygens (including phenoxy) is 2. The fraction of sp³-hybridized carbons (Fsp3) is 0.882. The number of hydrogen-bond donors (Lipinski definition) is 2. The lowest BCUT2D eigenvalue weighted by atomic mass is 10.1. The maximum Gasteiger partial charge on any atom is 0.243 e. The third-order valence-electron chi connectivity index (χ3n) is 3.87. The van der Waals surface area contributed by atoms with Gasteiger partial charge in [-0.25, -0.2) is 4.99 Å². The van der Waals surface area contributed by atoms with E-state index in [0.717, 1.165) is 52.2 Å². The molecule has 1 atom stereocenters. The van der Waals surface area contributed by atoms with Gasteiger partial charge in [-0.05, 0) is 39.0 Å². The molecular formula is C17H35IN4O3. The Labute approximate surface area is 169 Å². The van der Waals surface area contributed by atoms with Crippen LogP contribution in [0.3, 0.4) is 0 Å². The lowest BCUT2D eigenvalue weighted by molar-refractivity contribution is -0.127. The van der Waals surface area contributed by atoms with Crippen molar-refractivity contribution >= 4 is 35.8 Å². The summed E-state index contributed by atoms with van der Waals surface area (Å²) in [7, 11) is 3.47. The zero-order chi connectivity index (χ0) is 17.6. The molecule has 1 heterocycles. The first-order valence-electron chi connectivity index (χ1n) is 9.05. The summed E-state index contributed by atoms with van der Waals surface area (Å²) >= 11 is 0. The number of carbonyl (C=O) groups excluding carboxylic acids is 1. The van der Waals surface area contributed by atoms with Crippen molar-refractivity contribution < 1.29 is 14.3 Å². The van der Waals surface area contributed by atoms with Gasteiger partial charge >= 0.3 is 0 Å². The first kappa shape index (κ1) is 24.4. The van der Waals surface area contributed by atoms with E-state index in [2.05, 4.69) is 15.6 Å². The number of hydrogen-bond acceptors (Lipinski definition) is 4. The largest absolute Gasteiger partial charge is 0.382 e. The molecule has 1 unspecified atom stereocenters. The van der Waals surface area contributed by atoms with Gasteiger partial charge in [-0.1, -0.05) is 0 Å². The summed E-state index contributed by atoms with van der Waals surface area (Å²) in [5, 5.41) is 6.56. The van der Waals surface area contributed by atoms with Crippen molar-refractivity contribution in [3.8, 4) is 0 Å². The van der Waals surface area contributed by atoms with Crippen LogP contribution in [0.2, 0.25) is 0 Å². The zero-order valence-corrected chi connectivity index (χ0v) is 18.2. The Hall–Kier alpha value is -0.610. The summed E-state index contributed by atoms with van der Waals surface area (Å²) < 4.78 is 11.1. The van der Waals surface area contributed by atoms with Crippen molar-refractivity contribution in [3.63, 3.8) is 0 Å². The standard InChI is InChI=1S/C17H34N4O3.HI/c1-4-23-12-7-10-18-17(20-14-16(22)21(2)3)19-11-9-15-8-5-6-13-24-15;/h15H,4-14H2,1-3H3,(H2,18,19,20);1H. The normalized spacial score (nSPS) is 17.6. The lowest BCUT2D eigenvalue weighted by Gasteiger charge is -2.23. The van der Waals surface area contributed by atoms with Crippen LogP contribution < -0.4 is 10.6 Å². The minimum absolute atomic E-state index is 0. The van der Waals surface area contributed by atoms with Gasteiger partial charge < -0.3 is 25.0 Å². The minimum Gasteiger partial charge on any atom is -0.382 e. The second kappa shape index (κ2) is 15.6. The summed E-state index contributed by atoms with van der Waals surface area (Å²) in [5.41, 5.74) is 0. The van der Waals surface area contributed by atoms with Gasteiger partial charge in [0, 0.05) is 47.0 Å². The van der Waals surface area contributed by atoms with Gasteiger partial charge in [-0.3, -0.25) is 4.79 Å². The van der Waals surface area contributed by atoms with E-state index in [-0.39, 0.29) is 36.4 Å². The molecule has 0 aromatic rings. The number of rotatable bonds is 10. The summed E-state index contributed by atoms with van der Waals surface area (Å²) in [6, 6.07) is 0. The highest BCUT2D eigenvalue weighted by Crippen LogP contribution is 2.14. The molecule has 7 nitrogen and oxygen atoms in total. The minimum atomic E-state index is -0.0129. The van der Waals surface area contributed by atoms with E-state index in [1.54, 1.807) is 19.0 Å². The fourth-order valence-electron chi connectivity index (χ4n) is 2.37. The molecule has 2 N–H and O–H groups in total. The first-order chi connectivity index (χ1) is 11.6. The molecule has 148 valence electrons. The third-order valence-corrected chi connectivity index (χ3v) is 3.87. The van der Waals surface area contributed by atoms with Crippen molar-refractivity contribution in [1.29, 1.82) is 0 Å². The Morgan fingerprint density at radius 2 is 2.04 bits per heavy atom. The van der Waals surface area contributed by atoms with E-state index in [0.29, 0.717) is 12.1 Å². The van der Waals surface area contributed by atoms with Crippen LogP contribution in [-0.2, 0) is 14.3 Å². The van der Waals surface area contributed by atoms with Crippen molar-refractivity contribution in [2.24, 2.45) is 4.99 Å². The Bertz CT molecular complexity index is 375. The van der Waals surface area contributed by atoms with Crippen LogP contribution in [-0.4, -0.2) is 76.4 Å². The topological polar surface area (TPSA) is 75.2 Å². The number of likely N-dealkylation sites (N-methyl/N-ethyl adjacent to an activating group) is 1. The maximum atomic E-state index is 11.7. The van der Waals surface area contributed by atoms with Crippen LogP contribution in [0.25, 0.3) is 0 Å². The van der Waals surface area contributed by atoms with Crippen molar-refractivity contribution in [3.05, 3.63) is 0 Å². The van der Waals surface area contributed by atoms with Crippen LogP contribution in [0.15, 0.2) is 4.99 Å². The predicted molar refractivity (Wildman–Crippen MR) is 112 cm³/mol. The highest BCUT2D eigenvalue weighted by atomic mass is 127. The highest BCUT2D eigenvalue weighted by Gasteiger charge is 2.13. The molecule has 8 heteroatoms. The van der Waals surface area contributed by atoms with Crippen LogP contribution in [0, 0.1) is 0 Å². The summed E-state index contributed by atoms with van der Waals surface area (Å²) in [6.07, 6.45) is 5.76. The van der Waals surface area contributed by atoms with Gasteiger partial charge in [0.05, 0.1) is 6.10 Å². The molecule has 1 amide bonds. The molecular weight excluding hydrogens is 435 g/mol. The van der Waals surface area contributed by atoms with E-state index < -0.39 is 0 Å². The summed E-state index contributed by atoms with van der Waals surface area (Å²) in [6.45, 7) is 6.02. The lowest BCUT2D eigenvalue weighted by Crippen LogP contribution is -2.40. The molecule has 0 aromatic heterocycles. The van der Waals surface area contributed by atoms with Gasteiger partial charge in [0.25, 0.3) is 0 Å². The smallest absolute Gasteiger partial charge is 0.243 e. The molecule has 1 fully saturated rings. The molecule has 1 aliphatic heterocycles. The number of guanidine groups is 1. The van der Waals surface area contributed by atoms with E-state index in [1.807, 2.05) is 6.92 Å². The predicted octanol–water partition coefficient (Wildman–Crippen LogP) is 1.61. The average Bonchev–Trinajstić information content (AvgIpc) is 2.59. The summed E-state index contributed by atoms with van der Waals surface area (Å²) in [5.74, 6) is 0.665. The monoisotopic (exact) mass is 470 g/mol. The quantitative estimate of drug-likeness (QED) is 0.220. The molecule has 0 aliphatic carbocycles. The van der Waals surface area contributed by atoms with Gasteiger partial charge in [-0.15, -0.1) is 24.0 Å². The van der Waals surface area contributed by atoms with Gasteiger partial charge in [0.15, 0.2) is 5.96 Å². The number of halogens is 1. The summed E-state index contributed by atoms with van der Waals surface area (Å²) in [4.78, 5) is 17.6. The van der Waals surface area contributed by atoms with Crippen LogP contribution in [0.4, 0.5) is 0 Å². The molecule has 0 bridgehead atoms. The SMILES string of the molecule is CCOCCCNC(=NCC(=O)N(C)C)NCCC1CCCCO1.I. The van der Waals surface area contributed by atoms with Gasteiger partial charge in [0.1, 0.15) is 6.54 Å².